The Bertz CT molecular complexity index is 864. The zero-order chi connectivity index (χ0) is 21.5. The molecule has 1 heterocycles. The summed E-state index contributed by atoms with van der Waals surface area (Å²) in [6.07, 6.45) is 6.05. The first-order valence-corrected chi connectivity index (χ1v) is 9.83. The molecule has 1 aliphatic carbocycles. The minimum absolute atomic E-state index is 0.0377. The van der Waals surface area contributed by atoms with Crippen LogP contribution < -0.4 is 19.5 Å². The van der Waals surface area contributed by atoms with Crippen molar-refractivity contribution in [2.75, 3.05) is 33.3 Å². The fourth-order valence-corrected chi connectivity index (χ4v) is 3.63. The number of esters is 1. The molecule has 1 aromatic heterocycles. The van der Waals surface area contributed by atoms with Gasteiger partial charge in [0.1, 0.15) is 5.82 Å². The zero-order valence-corrected chi connectivity index (χ0v) is 17.5. The van der Waals surface area contributed by atoms with Gasteiger partial charge in [0.15, 0.2) is 18.1 Å². The molecule has 30 heavy (non-hydrogen) atoms. The van der Waals surface area contributed by atoms with E-state index in [4.69, 9.17) is 18.9 Å². The third kappa shape index (κ3) is 5.03. The van der Waals surface area contributed by atoms with Gasteiger partial charge in [-0.2, -0.15) is 5.10 Å². The second kappa shape index (κ2) is 10.00. The number of amides is 1. The second-order valence-corrected chi connectivity index (χ2v) is 7.02. The van der Waals surface area contributed by atoms with Crippen LogP contribution in [0.1, 0.15) is 37.3 Å². The van der Waals surface area contributed by atoms with Gasteiger partial charge in [-0.1, -0.05) is 12.8 Å². The molecule has 0 spiro atoms. The molecule has 1 fully saturated rings. The highest BCUT2D eigenvalue weighted by atomic mass is 16.5. The topological polar surface area (TPSA) is 101 Å². The van der Waals surface area contributed by atoms with Gasteiger partial charge in [0, 0.05) is 6.07 Å². The number of carbonyl (C=O) groups is 2. The molecule has 1 aromatic carbocycles. The number of aromatic nitrogens is 2. The van der Waals surface area contributed by atoms with Gasteiger partial charge in [0.2, 0.25) is 5.75 Å². The van der Waals surface area contributed by atoms with Crippen molar-refractivity contribution >= 4 is 17.7 Å². The number of methoxy groups -OCH3 is 3. The number of nitrogens with one attached hydrogen (secondary N) is 1. The van der Waals surface area contributed by atoms with Crippen LogP contribution in [0.3, 0.4) is 0 Å². The largest absolute Gasteiger partial charge is 0.493 e. The van der Waals surface area contributed by atoms with Gasteiger partial charge in [-0.05, 0) is 30.5 Å². The van der Waals surface area contributed by atoms with E-state index in [1.165, 1.54) is 21.3 Å². The van der Waals surface area contributed by atoms with Crippen LogP contribution in [0.25, 0.3) is 0 Å². The maximum absolute atomic E-state index is 12.2. The van der Waals surface area contributed by atoms with E-state index in [0.717, 1.165) is 25.7 Å². The first-order chi connectivity index (χ1) is 14.5. The summed E-state index contributed by atoms with van der Waals surface area (Å²) in [6.45, 7) is -0.376. The molecule has 1 aliphatic rings. The van der Waals surface area contributed by atoms with Crippen molar-refractivity contribution < 1.29 is 28.5 Å². The van der Waals surface area contributed by atoms with E-state index in [9.17, 15) is 9.59 Å². The second-order valence-electron chi connectivity index (χ2n) is 7.02. The number of ether oxygens (including phenoxy) is 4. The van der Waals surface area contributed by atoms with E-state index in [0.29, 0.717) is 34.7 Å². The lowest BCUT2D eigenvalue weighted by molar-refractivity contribution is -0.146. The fraction of sp³-hybridized carbons (Fsp3) is 0.476. The standard InChI is InChI=1S/C21H27N3O6/c1-27-16-10-14(11-17(28-2)21(16)29-3)12-20(26)30-13-19(25)23-18-8-9-22-24(18)15-6-4-5-7-15/h8-11,15H,4-7,12-13H2,1-3H3,(H,23,25). The Balaban J connectivity index is 1.55. The van der Waals surface area contributed by atoms with E-state index in [-0.39, 0.29) is 13.0 Å². The molecule has 0 unspecified atom stereocenters. The molecule has 0 aliphatic heterocycles. The minimum atomic E-state index is -0.538. The molecule has 0 radical (unpaired) electrons. The molecule has 2 aromatic rings. The van der Waals surface area contributed by atoms with E-state index < -0.39 is 11.9 Å². The maximum Gasteiger partial charge on any atom is 0.310 e. The Labute approximate surface area is 175 Å². The molecule has 162 valence electrons. The highest BCUT2D eigenvalue weighted by Crippen LogP contribution is 2.38. The van der Waals surface area contributed by atoms with Gasteiger partial charge < -0.3 is 24.3 Å². The summed E-state index contributed by atoms with van der Waals surface area (Å²) in [6, 6.07) is 5.39. The summed E-state index contributed by atoms with van der Waals surface area (Å²) in [4.78, 5) is 24.4. The first kappa shape index (κ1) is 21.5. The van der Waals surface area contributed by atoms with Crippen molar-refractivity contribution in [3.63, 3.8) is 0 Å². The van der Waals surface area contributed by atoms with Crippen molar-refractivity contribution in [2.45, 2.75) is 38.1 Å². The lowest BCUT2D eigenvalue weighted by Gasteiger charge is -2.15. The summed E-state index contributed by atoms with van der Waals surface area (Å²) < 4.78 is 22.8. The van der Waals surface area contributed by atoms with Gasteiger partial charge in [0.05, 0.1) is 40.0 Å². The van der Waals surface area contributed by atoms with Crippen molar-refractivity contribution in [1.29, 1.82) is 0 Å². The smallest absolute Gasteiger partial charge is 0.310 e. The van der Waals surface area contributed by atoms with Crippen molar-refractivity contribution in [2.24, 2.45) is 0 Å². The van der Waals surface area contributed by atoms with Crippen LogP contribution in [0, 0.1) is 0 Å². The Hall–Kier alpha value is -3.23. The van der Waals surface area contributed by atoms with Crippen LogP contribution in [0.2, 0.25) is 0 Å². The van der Waals surface area contributed by atoms with E-state index in [1.54, 1.807) is 24.4 Å². The Morgan fingerprint density at radius 1 is 1.10 bits per heavy atom. The fourth-order valence-electron chi connectivity index (χ4n) is 3.63. The molecule has 9 heteroatoms. The van der Waals surface area contributed by atoms with Crippen LogP contribution in [-0.4, -0.2) is 49.6 Å². The molecule has 1 saturated carbocycles. The predicted molar refractivity (Wildman–Crippen MR) is 109 cm³/mol. The number of benzene rings is 1. The quantitative estimate of drug-likeness (QED) is 0.626. The highest BCUT2D eigenvalue weighted by molar-refractivity contribution is 5.92. The molecular formula is C21H27N3O6. The number of rotatable bonds is 9. The van der Waals surface area contributed by atoms with Gasteiger partial charge in [-0.3, -0.25) is 9.59 Å². The Morgan fingerprint density at radius 2 is 1.77 bits per heavy atom. The van der Waals surface area contributed by atoms with Gasteiger partial charge in [-0.15, -0.1) is 0 Å². The maximum atomic E-state index is 12.2. The van der Waals surface area contributed by atoms with Crippen LogP contribution in [0.15, 0.2) is 24.4 Å². The number of hydrogen-bond acceptors (Lipinski definition) is 7. The zero-order valence-electron chi connectivity index (χ0n) is 17.5. The molecule has 1 N–H and O–H groups in total. The van der Waals surface area contributed by atoms with E-state index >= 15 is 0 Å². The molecule has 3 rings (SSSR count). The third-order valence-corrected chi connectivity index (χ3v) is 5.05. The average Bonchev–Trinajstić information content (AvgIpc) is 3.43. The average molecular weight is 417 g/mol. The lowest BCUT2D eigenvalue weighted by atomic mass is 10.1. The van der Waals surface area contributed by atoms with Gasteiger partial charge in [-0.25, -0.2) is 4.68 Å². The lowest BCUT2D eigenvalue weighted by Crippen LogP contribution is -2.23. The van der Waals surface area contributed by atoms with Crippen LogP contribution >= 0.6 is 0 Å². The number of anilines is 1. The molecule has 9 nitrogen and oxygen atoms in total. The number of hydrogen-bond donors (Lipinski definition) is 1. The highest BCUT2D eigenvalue weighted by Gasteiger charge is 2.21. The molecule has 0 saturated heterocycles. The summed E-state index contributed by atoms with van der Waals surface area (Å²) in [7, 11) is 4.51. The van der Waals surface area contributed by atoms with Gasteiger partial charge >= 0.3 is 5.97 Å². The van der Waals surface area contributed by atoms with Crippen molar-refractivity contribution in [3.05, 3.63) is 30.0 Å². The monoisotopic (exact) mass is 417 g/mol. The van der Waals surface area contributed by atoms with E-state index in [2.05, 4.69) is 10.4 Å². The molecular weight excluding hydrogens is 390 g/mol. The Kier molecular flexibility index (Phi) is 7.16. The van der Waals surface area contributed by atoms with Crippen molar-refractivity contribution in [3.8, 4) is 17.2 Å². The first-order valence-electron chi connectivity index (χ1n) is 9.83. The number of nitrogens with zero attached hydrogens (tertiary/aromatic N) is 2. The van der Waals surface area contributed by atoms with Crippen LogP contribution in [-0.2, 0) is 20.7 Å². The number of carbonyl (C=O) groups excluding carboxylic acids is 2. The van der Waals surface area contributed by atoms with Crippen molar-refractivity contribution in [1.82, 2.24) is 9.78 Å². The third-order valence-electron chi connectivity index (χ3n) is 5.05. The predicted octanol–water partition coefficient (Wildman–Crippen LogP) is 2.75. The normalized spacial score (nSPS) is 13.7. The minimum Gasteiger partial charge on any atom is -0.493 e. The van der Waals surface area contributed by atoms with E-state index in [1.807, 2.05) is 4.68 Å². The molecule has 0 atom stereocenters. The summed E-state index contributed by atoms with van der Waals surface area (Å²) in [5.41, 5.74) is 0.620. The SMILES string of the molecule is COc1cc(CC(=O)OCC(=O)Nc2ccnn2C2CCCC2)cc(OC)c1OC. The molecule has 0 bridgehead atoms. The summed E-state index contributed by atoms with van der Waals surface area (Å²) >= 11 is 0. The summed E-state index contributed by atoms with van der Waals surface area (Å²) in [5.74, 6) is 0.995. The van der Waals surface area contributed by atoms with Gasteiger partial charge in [0.25, 0.3) is 5.91 Å². The molecule has 1 amide bonds. The van der Waals surface area contributed by atoms with Crippen LogP contribution in [0.4, 0.5) is 5.82 Å². The Morgan fingerprint density at radius 3 is 2.37 bits per heavy atom. The van der Waals surface area contributed by atoms with Crippen LogP contribution in [0.5, 0.6) is 17.2 Å². The summed E-state index contributed by atoms with van der Waals surface area (Å²) in [5, 5.41) is 7.08.